The van der Waals surface area contributed by atoms with Gasteiger partial charge in [0.15, 0.2) is 0 Å². The molecule has 1 aromatic heterocycles. The smallest absolute Gasteiger partial charge is 0.144 e. The molecule has 0 N–H and O–H groups in total. The fraction of sp³-hybridized carbons (Fsp3) is 0.286. The third-order valence-electron chi connectivity index (χ3n) is 4.30. The topological polar surface area (TPSA) is 17.8 Å². The Morgan fingerprint density at radius 3 is 2.17 bits per heavy atom. The van der Waals surface area contributed by atoms with Crippen LogP contribution in [0.15, 0.2) is 54.9 Å². The van der Waals surface area contributed by atoms with Gasteiger partial charge in [-0.2, -0.15) is 0 Å². The minimum Gasteiger partial charge on any atom is -0.299 e. The lowest BCUT2D eigenvalue weighted by Gasteiger charge is -2.23. The van der Waals surface area contributed by atoms with Gasteiger partial charge in [0.05, 0.1) is 5.69 Å². The van der Waals surface area contributed by atoms with Gasteiger partial charge in [0.25, 0.3) is 0 Å². The fourth-order valence-electron chi connectivity index (χ4n) is 3.20. The van der Waals surface area contributed by atoms with Gasteiger partial charge >= 0.3 is 0 Å². The second kappa shape index (κ2) is 5.69. The molecule has 0 saturated heterocycles. The van der Waals surface area contributed by atoms with E-state index in [2.05, 4.69) is 92.8 Å². The lowest BCUT2D eigenvalue weighted by atomic mass is 9.83. The van der Waals surface area contributed by atoms with E-state index in [1.807, 2.05) is 6.20 Å². The van der Waals surface area contributed by atoms with Crippen LogP contribution in [-0.4, -0.2) is 9.55 Å². The fourth-order valence-corrected chi connectivity index (χ4v) is 3.20. The van der Waals surface area contributed by atoms with Gasteiger partial charge in [-0.1, -0.05) is 63.2 Å². The second-order valence-electron chi connectivity index (χ2n) is 7.16. The van der Waals surface area contributed by atoms with Crippen LogP contribution in [0.1, 0.15) is 37.5 Å². The van der Waals surface area contributed by atoms with Crippen molar-refractivity contribution in [2.24, 2.45) is 0 Å². The van der Waals surface area contributed by atoms with Crippen LogP contribution in [-0.2, 0) is 5.41 Å². The zero-order chi connectivity index (χ0) is 16.6. The minimum absolute atomic E-state index is 0.0775. The van der Waals surface area contributed by atoms with Crippen LogP contribution in [0.25, 0.3) is 17.1 Å². The predicted octanol–water partition coefficient (Wildman–Crippen LogP) is 5.45. The SMILES string of the molecule is Cc1cccc(C)c1-n1ccnc1-c1ccccc1C(C)(C)C. The van der Waals surface area contributed by atoms with Gasteiger partial charge < -0.3 is 0 Å². The van der Waals surface area contributed by atoms with E-state index in [1.165, 1.54) is 27.9 Å². The Balaban J connectivity index is 2.25. The van der Waals surface area contributed by atoms with Crippen molar-refractivity contribution in [1.82, 2.24) is 9.55 Å². The highest BCUT2D eigenvalue weighted by atomic mass is 15.1. The lowest BCUT2D eigenvalue weighted by Crippen LogP contribution is -2.14. The van der Waals surface area contributed by atoms with Crippen LogP contribution < -0.4 is 0 Å². The van der Waals surface area contributed by atoms with E-state index in [4.69, 9.17) is 0 Å². The first kappa shape index (κ1) is 15.5. The largest absolute Gasteiger partial charge is 0.299 e. The Labute approximate surface area is 138 Å². The molecule has 0 bridgehead atoms. The Hall–Kier alpha value is -2.35. The van der Waals surface area contributed by atoms with Gasteiger partial charge in [0.1, 0.15) is 5.82 Å². The number of nitrogens with zero attached hydrogens (tertiary/aromatic N) is 2. The maximum Gasteiger partial charge on any atom is 0.144 e. The summed E-state index contributed by atoms with van der Waals surface area (Å²) in [6.07, 6.45) is 3.95. The number of hydrogen-bond acceptors (Lipinski definition) is 1. The Morgan fingerprint density at radius 1 is 0.870 bits per heavy atom. The molecule has 0 unspecified atom stereocenters. The van der Waals surface area contributed by atoms with Crippen LogP contribution in [0.3, 0.4) is 0 Å². The summed E-state index contributed by atoms with van der Waals surface area (Å²) in [4.78, 5) is 4.68. The summed E-state index contributed by atoms with van der Waals surface area (Å²) in [5.74, 6) is 1.01. The standard InChI is InChI=1S/C21H24N2/c1-15-9-8-10-16(2)19(15)23-14-13-22-20(23)17-11-6-7-12-18(17)21(3,4)5/h6-14H,1-5H3. The lowest BCUT2D eigenvalue weighted by molar-refractivity contribution is 0.591. The summed E-state index contributed by atoms with van der Waals surface area (Å²) >= 11 is 0. The molecule has 2 aromatic carbocycles. The molecule has 1 heterocycles. The van der Waals surface area contributed by atoms with Crippen molar-refractivity contribution in [2.45, 2.75) is 40.0 Å². The molecule has 3 aromatic rings. The van der Waals surface area contributed by atoms with Crippen molar-refractivity contribution in [3.05, 3.63) is 71.5 Å². The van der Waals surface area contributed by atoms with Gasteiger partial charge in [0, 0.05) is 18.0 Å². The number of imidazole rings is 1. The van der Waals surface area contributed by atoms with Crippen LogP contribution in [0.2, 0.25) is 0 Å². The van der Waals surface area contributed by atoms with Crippen molar-refractivity contribution < 1.29 is 0 Å². The number of hydrogen-bond donors (Lipinski definition) is 0. The van der Waals surface area contributed by atoms with Gasteiger partial charge in [0.2, 0.25) is 0 Å². The van der Waals surface area contributed by atoms with Gasteiger partial charge in [-0.05, 0) is 36.0 Å². The molecule has 23 heavy (non-hydrogen) atoms. The molecule has 0 amide bonds. The van der Waals surface area contributed by atoms with E-state index in [-0.39, 0.29) is 5.41 Å². The molecule has 2 nitrogen and oxygen atoms in total. The number of aromatic nitrogens is 2. The quantitative estimate of drug-likeness (QED) is 0.615. The molecule has 0 spiro atoms. The third kappa shape index (κ3) is 2.81. The summed E-state index contributed by atoms with van der Waals surface area (Å²) in [5, 5.41) is 0. The van der Waals surface area contributed by atoms with Crippen molar-refractivity contribution in [3.63, 3.8) is 0 Å². The highest BCUT2D eigenvalue weighted by Gasteiger charge is 2.21. The highest BCUT2D eigenvalue weighted by Crippen LogP contribution is 2.34. The number of aryl methyl sites for hydroxylation is 2. The summed E-state index contributed by atoms with van der Waals surface area (Å²) < 4.78 is 2.22. The van der Waals surface area contributed by atoms with E-state index in [0.29, 0.717) is 0 Å². The summed E-state index contributed by atoms with van der Waals surface area (Å²) in [6, 6.07) is 15.0. The van der Waals surface area contributed by atoms with Crippen LogP contribution in [0.4, 0.5) is 0 Å². The first-order valence-corrected chi connectivity index (χ1v) is 8.09. The van der Waals surface area contributed by atoms with Gasteiger partial charge in [-0.15, -0.1) is 0 Å². The van der Waals surface area contributed by atoms with Crippen LogP contribution >= 0.6 is 0 Å². The van der Waals surface area contributed by atoms with Crippen molar-refractivity contribution >= 4 is 0 Å². The molecule has 0 aliphatic heterocycles. The molecule has 0 saturated carbocycles. The average molecular weight is 304 g/mol. The van der Waals surface area contributed by atoms with E-state index < -0.39 is 0 Å². The number of rotatable bonds is 2. The summed E-state index contributed by atoms with van der Waals surface area (Å²) in [6.45, 7) is 11.1. The van der Waals surface area contributed by atoms with Crippen molar-refractivity contribution in [2.75, 3.05) is 0 Å². The van der Waals surface area contributed by atoms with Gasteiger partial charge in [-0.25, -0.2) is 4.98 Å². The highest BCUT2D eigenvalue weighted by molar-refractivity contribution is 5.66. The number of para-hydroxylation sites is 1. The monoisotopic (exact) mass is 304 g/mol. The Morgan fingerprint density at radius 2 is 1.52 bits per heavy atom. The first-order chi connectivity index (χ1) is 10.9. The zero-order valence-corrected chi connectivity index (χ0v) is 14.6. The summed E-state index contributed by atoms with van der Waals surface area (Å²) in [7, 11) is 0. The second-order valence-corrected chi connectivity index (χ2v) is 7.16. The number of benzene rings is 2. The predicted molar refractivity (Wildman–Crippen MR) is 97.2 cm³/mol. The summed E-state index contributed by atoms with van der Waals surface area (Å²) in [5.41, 5.74) is 6.35. The van der Waals surface area contributed by atoms with E-state index in [0.717, 1.165) is 5.82 Å². The molecule has 118 valence electrons. The minimum atomic E-state index is 0.0775. The molecule has 0 aliphatic rings. The van der Waals surface area contributed by atoms with Gasteiger partial charge in [-0.3, -0.25) is 4.57 Å². The van der Waals surface area contributed by atoms with E-state index in [9.17, 15) is 0 Å². The van der Waals surface area contributed by atoms with E-state index in [1.54, 1.807) is 0 Å². The first-order valence-electron chi connectivity index (χ1n) is 8.09. The molecular formula is C21H24N2. The Kier molecular flexibility index (Phi) is 3.85. The zero-order valence-electron chi connectivity index (χ0n) is 14.6. The maximum absolute atomic E-state index is 4.68. The van der Waals surface area contributed by atoms with Crippen molar-refractivity contribution in [3.8, 4) is 17.1 Å². The molecule has 3 rings (SSSR count). The normalized spacial score (nSPS) is 11.7. The molecule has 0 aliphatic carbocycles. The third-order valence-corrected chi connectivity index (χ3v) is 4.30. The maximum atomic E-state index is 4.68. The molecule has 0 radical (unpaired) electrons. The van der Waals surface area contributed by atoms with Crippen molar-refractivity contribution in [1.29, 1.82) is 0 Å². The van der Waals surface area contributed by atoms with E-state index >= 15 is 0 Å². The molecule has 0 fully saturated rings. The molecule has 2 heteroatoms. The molecular weight excluding hydrogens is 280 g/mol. The Bertz CT molecular complexity index is 815. The van der Waals surface area contributed by atoms with Crippen LogP contribution in [0.5, 0.6) is 0 Å². The average Bonchev–Trinajstić information content (AvgIpc) is 2.95. The van der Waals surface area contributed by atoms with Crippen LogP contribution in [0, 0.1) is 13.8 Å². The molecule has 0 atom stereocenters.